The zero-order chi connectivity index (χ0) is 17.8. The number of fused-ring (bicyclic) bond motifs is 1. The Bertz CT molecular complexity index is 810. The monoisotopic (exact) mass is 359 g/mol. The zero-order valence-corrected chi connectivity index (χ0v) is 15.2. The fourth-order valence-corrected chi connectivity index (χ4v) is 4.21. The van der Waals surface area contributed by atoms with E-state index in [1.54, 1.807) is 31.3 Å². The van der Waals surface area contributed by atoms with E-state index >= 15 is 0 Å². The second-order valence-electron chi connectivity index (χ2n) is 5.77. The Labute approximate surface area is 150 Å². The van der Waals surface area contributed by atoms with Crippen molar-refractivity contribution in [1.29, 1.82) is 0 Å². The van der Waals surface area contributed by atoms with E-state index in [-0.39, 0.29) is 11.7 Å². The molecule has 1 heterocycles. The van der Waals surface area contributed by atoms with Crippen molar-refractivity contribution in [3.8, 4) is 11.5 Å². The van der Waals surface area contributed by atoms with Gasteiger partial charge in [-0.1, -0.05) is 6.07 Å². The number of phenolic OH excluding ortho intramolecular Hbond substituents is 1. The Morgan fingerprint density at radius 2 is 2.16 bits per heavy atom. The molecule has 1 aromatic heterocycles. The molecule has 0 radical (unpaired) electrons. The van der Waals surface area contributed by atoms with Gasteiger partial charge in [0.05, 0.1) is 19.3 Å². The molecular formula is C19H21NO4S. The van der Waals surface area contributed by atoms with E-state index in [0.717, 1.165) is 31.2 Å². The predicted octanol–water partition coefficient (Wildman–Crippen LogP) is 4.27. The van der Waals surface area contributed by atoms with Crippen molar-refractivity contribution in [2.24, 2.45) is 4.99 Å². The number of thiophene rings is 1. The van der Waals surface area contributed by atoms with E-state index in [4.69, 9.17) is 9.47 Å². The summed E-state index contributed by atoms with van der Waals surface area (Å²) >= 11 is 1.54. The van der Waals surface area contributed by atoms with Gasteiger partial charge >= 0.3 is 5.97 Å². The summed E-state index contributed by atoms with van der Waals surface area (Å²) in [5.41, 5.74) is 2.21. The van der Waals surface area contributed by atoms with Gasteiger partial charge in [-0.2, -0.15) is 0 Å². The highest BCUT2D eigenvalue weighted by molar-refractivity contribution is 7.16. The molecule has 0 bridgehead atoms. The molecule has 2 aromatic rings. The number of hydrogen-bond donors (Lipinski definition) is 1. The van der Waals surface area contributed by atoms with Crippen molar-refractivity contribution in [2.45, 2.75) is 32.6 Å². The van der Waals surface area contributed by atoms with Gasteiger partial charge in [-0.3, -0.25) is 0 Å². The van der Waals surface area contributed by atoms with Gasteiger partial charge in [-0.15, -0.1) is 11.3 Å². The van der Waals surface area contributed by atoms with Gasteiger partial charge < -0.3 is 14.6 Å². The lowest BCUT2D eigenvalue weighted by molar-refractivity contribution is 0.0526. The predicted molar refractivity (Wildman–Crippen MR) is 98.8 cm³/mol. The van der Waals surface area contributed by atoms with Crippen molar-refractivity contribution >= 4 is 28.5 Å². The topological polar surface area (TPSA) is 68.1 Å². The summed E-state index contributed by atoms with van der Waals surface area (Å²) in [5, 5.41) is 10.8. The van der Waals surface area contributed by atoms with E-state index in [0.29, 0.717) is 28.5 Å². The summed E-state index contributed by atoms with van der Waals surface area (Å²) in [6, 6.07) is 5.21. The van der Waals surface area contributed by atoms with Crippen LogP contribution in [0.5, 0.6) is 11.5 Å². The van der Waals surface area contributed by atoms with Gasteiger partial charge in [0, 0.05) is 16.7 Å². The van der Waals surface area contributed by atoms with E-state index in [1.165, 1.54) is 23.3 Å². The van der Waals surface area contributed by atoms with Crippen molar-refractivity contribution in [2.75, 3.05) is 13.7 Å². The third-order valence-electron chi connectivity index (χ3n) is 4.20. The van der Waals surface area contributed by atoms with Gasteiger partial charge in [0.2, 0.25) is 0 Å². The highest BCUT2D eigenvalue weighted by atomic mass is 32.1. The van der Waals surface area contributed by atoms with Crippen LogP contribution >= 0.6 is 11.3 Å². The minimum Gasteiger partial charge on any atom is -0.504 e. The number of nitrogens with zero attached hydrogens (tertiary/aromatic N) is 1. The molecule has 0 unspecified atom stereocenters. The standard InChI is InChI=1S/C19H21NO4S/c1-3-24-19(22)16-13-8-4-5-10-15(13)25-18(16)20-11-12-7-6-9-14(23-2)17(12)21/h6-7,9,11,21H,3-5,8,10H2,1-2H3. The molecule has 0 fully saturated rings. The summed E-state index contributed by atoms with van der Waals surface area (Å²) in [6.07, 6.45) is 5.65. The first-order valence-electron chi connectivity index (χ1n) is 8.37. The van der Waals surface area contributed by atoms with E-state index in [9.17, 15) is 9.90 Å². The number of hydrogen-bond acceptors (Lipinski definition) is 6. The highest BCUT2D eigenvalue weighted by Gasteiger charge is 2.26. The SMILES string of the molecule is CCOC(=O)c1c(N=Cc2cccc(OC)c2O)sc2c1CCCC2. The van der Waals surface area contributed by atoms with Crippen LogP contribution in [0, 0.1) is 0 Å². The fraction of sp³-hybridized carbons (Fsp3) is 0.368. The Morgan fingerprint density at radius 3 is 2.92 bits per heavy atom. The zero-order valence-electron chi connectivity index (χ0n) is 14.4. The number of carbonyl (C=O) groups excluding carboxylic acids is 1. The summed E-state index contributed by atoms with van der Waals surface area (Å²) < 4.78 is 10.3. The average molecular weight is 359 g/mol. The van der Waals surface area contributed by atoms with E-state index in [2.05, 4.69) is 4.99 Å². The molecular weight excluding hydrogens is 338 g/mol. The van der Waals surface area contributed by atoms with Gasteiger partial charge in [0.25, 0.3) is 0 Å². The lowest BCUT2D eigenvalue weighted by atomic mass is 9.95. The molecule has 1 aliphatic carbocycles. The minimum atomic E-state index is -0.316. The number of phenols is 1. The minimum absolute atomic E-state index is 0.0350. The summed E-state index contributed by atoms with van der Waals surface area (Å²) in [4.78, 5) is 18.1. The molecule has 0 atom stereocenters. The number of benzene rings is 1. The third kappa shape index (κ3) is 3.54. The summed E-state index contributed by atoms with van der Waals surface area (Å²) in [6.45, 7) is 2.14. The van der Waals surface area contributed by atoms with Crippen LogP contribution in [-0.4, -0.2) is 31.0 Å². The van der Waals surface area contributed by atoms with Crippen molar-refractivity contribution in [1.82, 2.24) is 0 Å². The summed E-state index contributed by atoms with van der Waals surface area (Å²) in [5.74, 6) is 0.108. The smallest absolute Gasteiger partial charge is 0.341 e. The number of para-hydroxylation sites is 1. The van der Waals surface area contributed by atoms with Crippen LogP contribution in [0.3, 0.4) is 0 Å². The second-order valence-corrected chi connectivity index (χ2v) is 6.85. The maximum absolute atomic E-state index is 12.4. The fourth-order valence-electron chi connectivity index (χ4n) is 2.99. The van der Waals surface area contributed by atoms with Crippen molar-refractivity contribution in [3.63, 3.8) is 0 Å². The highest BCUT2D eigenvalue weighted by Crippen LogP contribution is 2.40. The maximum atomic E-state index is 12.4. The molecule has 1 aromatic carbocycles. The lowest BCUT2D eigenvalue weighted by Gasteiger charge is -2.11. The number of aromatic hydroxyl groups is 1. The average Bonchev–Trinajstić information content (AvgIpc) is 2.99. The number of carbonyl (C=O) groups is 1. The van der Waals surface area contributed by atoms with E-state index < -0.39 is 0 Å². The molecule has 25 heavy (non-hydrogen) atoms. The number of aliphatic imine (C=N–C) groups is 1. The van der Waals surface area contributed by atoms with Crippen LogP contribution in [0.25, 0.3) is 0 Å². The lowest BCUT2D eigenvalue weighted by Crippen LogP contribution is -2.09. The van der Waals surface area contributed by atoms with Gasteiger partial charge in [0.1, 0.15) is 5.00 Å². The third-order valence-corrected chi connectivity index (χ3v) is 5.40. The second kappa shape index (κ2) is 7.70. The maximum Gasteiger partial charge on any atom is 0.341 e. The molecule has 132 valence electrons. The first kappa shape index (κ1) is 17.5. The van der Waals surface area contributed by atoms with Crippen LogP contribution in [-0.2, 0) is 17.6 Å². The Balaban J connectivity index is 1.99. The van der Waals surface area contributed by atoms with Crippen LogP contribution < -0.4 is 4.74 Å². The number of esters is 1. The molecule has 1 aliphatic rings. The van der Waals surface area contributed by atoms with Crippen molar-refractivity contribution in [3.05, 3.63) is 39.8 Å². The van der Waals surface area contributed by atoms with Gasteiger partial charge in [-0.25, -0.2) is 9.79 Å². The Kier molecular flexibility index (Phi) is 5.38. The van der Waals surface area contributed by atoms with Crippen LogP contribution in [0.1, 0.15) is 46.1 Å². The first-order valence-corrected chi connectivity index (χ1v) is 9.19. The molecule has 0 saturated heterocycles. The molecule has 5 nitrogen and oxygen atoms in total. The molecule has 0 spiro atoms. The molecule has 3 rings (SSSR count). The molecule has 0 amide bonds. The Morgan fingerprint density at radius 1 is 1.36 bits per heavy atom. The molecule has 1 N–H and O–H groups in total. The normalized spacial score (nSPS) is 13.7. The van der Waals surface area contributed by atoms with E-state index in [1.807, 2.05) is 0 Å². The van der Waals surface area contributed by atoms with Gasteiger partial charge in [0.15, 0.2) is 11.5 Å². The molecule has 0 saturated carbocycles. The summed E-state index contributed by atoms with van der Waals surface area (Å²) in [7, 11) is 1.50. The number of methoxy groups -OCH3 is 1. The molecule has 6 heteroatoms. The van der Waals surface area contributed by atoms with Crippen LogP contribution in [0.4, 0.5) is 5.00 Å². The number of rotatable bonds is 5. The van der Waals surface area contributed by atoms with Gasteiger partial charge in [-0.05, 0) is 50.3 Å². The first-order chi connectivity index (χ1) is 12.2. The van der Waals surface area contributed by atoms with Crippen LogP contribution in [0.15, 0.2) is 23.2 Å². The van der Waals surface area contributed by atoms with Crippen molar-refractivity contribution < 1.29 is 19.4 Å². The number of ether oxygens (including phenoxy) is 2. The largest absolute Gasteiger partial charge is 0.504 e. The molecule has 0 aliphatic heterocycles. The van der Waals surface area contributed by atoms with Crippen LogP contribution in [0.2, 0.25) is 0 Å². The Hall–Kier alpha value is -2.34. The quantitative estimate of drug-likeness (QED) is 0.639. The number of aryl methyl sites for hydroxylation is 1.